The molecule has 4 N–H and O–H groups in total. The highest BCUT2D eigenvalue weighted by Crippen LogP contribution is 2.24. The topological polar surface area (TPSA) is 99.8 Å². The molecule has 0 aliphatic heterocycles. The highest BCUT2D eigenvalue weighted by molar-refractivity contribution is 8.00. The lowest BCUT2D eigenvalue weighted by molar-refractivity contribution is -0.117. The number of thioether (sulfide) groups is 1. The van der Waals surface area contributed by atoms with Crippen molar-refractivity contribution >= 4 is 17.7 Å². The molecule has 1 aromatic rings. The number of carbonyl (C=O) groups excluding carboxylic acids is 1. The summed E-state index contributed by atoms with van der Waals surface area (Å²) in [6.45, 7) is 6.11. The second kappa shape index (κ2) is 5.31. The number of aromatic nitrogens is 3. The Balaban J connectivity index is 2.96. The van der Waals surface area contributed by atoms with E-state index in [9.17, 15) is 4.79 Å². The molecule has 1 aromatic heterocycles. The van der Waals surface area contributed by atoms with Crippen LogP contribution >= 0.6 is 11.8 Å². The highest BCUT2D eigenvalue weighted by Gasteiger charge is 2.19. The lowest BCUT2D eigenvalue weighted by Crippen LogP contribution is -2.23. The van der Waals surface area contributed by atoms with Gasteiger partial charge in [-0.3, -0.25) is 4.79 Å². The fourth-order valence-electron chi connectivity index (χ4n) is 1.26. The Hall–Kier alpha value is -1.08. The molecule has 1 rings (SSSR count). The third kappa shape index (κ3) is 2.73. The van der Waals surface area contributed by atoms with Crippen molar-refractivity contribution in [1.29, 1.82) is 0 Å². The number of nitrogens with zero attached hydrogens (tertiary/aromatic N) is 3. The molecule has 0 aromatic carbocycles. The Bertz CT molecular complexity index is 376. The van der Waals surface area contributed by atoms with Gasteiger partial charge in [-0.15, -0.1) is 10.2 Å². The van der Waals surface area contributed by atoms with Crippen molar-refractivity contribution in [3.05, 3.63) is 5.82 Å². The molecule has 0 fully saturated rings. The summed E-state index contributed by atoms with van der Waals surface area (Å²) in [7, 11) is 0. The van der Waals surface area contributed by atoms with E-state index in [1.165, 1.54) is 11.8 Å². The second-order valence-corrected chi connectivity index (χ2v) is 5.04. The molecule has 0 aliphatic carbocycles. The van der Waals surface area contributed by atoms with E-state index < -0.39 is 0 Å². The monoisotopic (exact) mass is 243 g/mol. The van der Waals surface area contributed by atoms with E-state index >= 15 is 0 Å². The van der Waals surface area contributed by atoms with E-state index in [4.69, 9.17) is 11.5 Å². The summed E-state index contributed by atoms with van der Waals surface area (Å²) in [5, 5.41) is 8.36. The van der Waals surface area contributed by atoms with Gasteiger partial charge in [0.15, 0.2) is 5.16 Å². The van der Waals surface area contributed by atoms with Gasteiger partial charge in [-0.1, -0.05) is 11.8 Å². The first-order valence-corrected chi connectivity index (χ1v) is 5.95. The zero-order valence-corrected chi connectivity index (χ0v) is 10.5. The average molecular weight is 243 g/mol. The van der Waals surface area contributed by atoms with Gasteiger partial charge in [0, 0.05) is 6.04 Å². The lowest BCUT2D eigenvalue weighted by Gasteiger charge is -2.14. The van der Waals surface area contributed by atoms with Crippen molar-refractivity contribution in [2.75, 3.05) is 0 Å². The Kier molecular flexibility index (Phi) is 4.31. The van der Waals surface area contributed by atoms with Gasteiger partial charge in [0.1, 0.15) is 5.82 Å². The molecule has 1 amide bonds. The van der Waals surface area contributed by atoms with Crippen LogP contribution in [0.4, 0.5) is 0 Å². The number of nitrogens with two attached hydrogens (primary N) is 2. The van der Waals surface area contributed by atoms with E-state index in [1.807, 2.05) is 18.4 Å². The Morgan fingerprint density at radius 1 is 1.44 bits per heavy atom. The largest absolute Gasteiger partial charge is 0.369 e. The third-order valence-corrected chi connectivity index (χ3v) is 3.19. The molecule has 0 radical (unpaired) electrons. The van der Waals surface area contributed by atoms with Gasteiger partial charge in [0.05, 0.1) is 11.8 Å². The zero-order valence-electron chi connectivity index (χ0n) is 9.67. The molecular weight excluding hydrogens is 226 g/mol. The number of hydrogen-bond donors (Lipinski definition) is 2. The molecule has 1 unspecified atom stereocenters. The predicted molar refractivity (Wildman–Crippen MR) is 62.8 cm³/mol. The van der Waals surface area contributed by atoms with Crippen LogP contribution in [-0.2, 0) is 11.3 Å². The smallest absolute Gasteiger partial charge is 0.230 e. The molecule has 90 valence electrons. The molecule has 0 bridgehead atoms. The minimum Gasteiger partial charge on any atom is -0.369 e. The first-order chi connectivity index (χ1) is 7.47. The van der Waals surface area contributed by atoms with Crippen LogP contribution in [0.2, 0.25) is 0 Å². The van der Waals surface area contributed by atoms with Crippen LogP contribution in [0.25, 0.3) is 0 Å². The summed E-state index contributed by atoms with van der Waals surface area (Å²) < 4.78 is 1.92. The average Bonchev–Trinajstić information content (AvgIpc) is 2.60. The maximum Gasteiger partial charge on any atom is 0.230 e. The van der Waals surface area contributed by atoms with E-state index in [2.05, 4.69) is 10.2 Å². The first kappa shape index (κ1) is 13.0. The summed E-state index contributed by atoms with van der Waals surface area (Å²) in [4.78, 5) is 11.0. The van der Waals surface area contributed by atoms with Crippen molar-refractivity contribution in [2.24, 2.45) is 11.5 Å². The van der Waals surface area contributed by atoms with Crippen LogP contribution in [0.3, 0.4) is 0 Å². The normalized spacial score (nSPS) is 13.1. The molecule has 0 saturated carbocycles. The van der Waals surface area contributed by atoms with Gasteiger partial charge in [-0.25, -0.2) is 0 Å². The predicted octanol–water partition coefficient (Wildman–Crippen LogP) is 0.284. The fourth-order valence-corrected chi connectivity index (χ4v) is 2.21. The molecule has 6 nitrogen and oxygen atoms in total. The van der Waals surface area contributed by atoms with Crippen LogP contribution in [0.15, 0.2) is 5.16 Å². The molecule has 0 spiro atoms. The Morgan fingerprint density at radius 3 is 2.50 bits per heavy atom. The number of primary amides is 1. The van der Waals surface area contributed by atoms with E-state index in [0.717, 1.165) is 0 Å². The van der Waals surface area contributed by atoms with Crippen molar-refractivity contribution in [3.8, 4) is 0 Å². The minimum atomic E-state index is -0.363. The quantitative estimate of drug-likeness (QED) is 0.724. The van der Waals surface area contributed by atoms with Gasteiger partial charge in [0.2, 0.25) is 5.91 Å². The summed E-state index contributed by atoms with van der Waals surface area (Å²) in [5.41, 5.74) is 10.8. The number of hydrogen-bond acceptors (Lipinski definition) is 5. The van der Waals surface area contributed by atoms with Crippen LogP contribution in [0, 0.1) is 0 Å². The van der Waals surface area contributed by atoms with Gasteiger partial charge in [0.25, 0.3) is 0 Å². The first-order valence-electron chi connectivity index (χ1n) is 5.07. The van der Waals surface area contributed by atoms with Gasteiger partial charge < -0.3 is 16.0 Å². The summed E-state index contributed by atoms with van der Waals surface area (Å²) in [6.07, 6.45) is 0. The van der Waals surface area contributed by atoms with Crippen LogP contribution in [0.1, 0.15) is 32.6 Å². The van der Waals surface area contributed by atoms with Gasteiger partial charge in [-0.05, 0) is 20.8 Å². The Labute approximate surface area is 98.8 Å². The maximum absolute atomic E-state index is 11.0. The molecular formula is C9H17N5OS. The summed E-state index contributed by atoms with van der Waals surface area (Å²) >= 11 is 1.30. The molecule has 16 heavy (non-hydrogen) atoms. The van der Waals surface area contributed by atoms with Crippen molar-refractivity contribution < 1.29 is 4.79 Å². The standard InChI is InChI=1S/C9H17N5OS/c1-5(2)14-7(4-10)12-13-9(14)16-6(3)8(11)15/h5-6H,4,10H2,1-3H3,(H2,11,15). The summed E-state index contributed by atoms with van der Waals surface area (Å²) in [5.74, 6) is 0.353. The van der Waals surface area contributed by atoms with Crippen LogP contribution in [-0.4, -0.2) is 25.9 Å². The van der Waals surface area contributed by atoms with Crippen LogP contribution < -0.4 is 11.5 Å². The van der Waals surface area contributed by atoms with Crippen molar-refractivity contribution in [3.63, 3.8) is 0 Å². The number of carbonyl (C=O) groups is 1. The Morgan fingerprint density at radius 2 is 2.06 bits per heavy atom. The van der Waals surface area contributed by atoms with E-state index in [-0.39, 0.29) is 17.2 Å². The van der Waals surface area contributed by atoms with Gasteiger partial charge >= 0.3 is 0 Å². The molecule has 0 aliphatic rings. The lowest BCUT2D eigenvalue weighted by atomic mass is 10.4. The maximum atomic E-state index is 11.0. The molecule has 0 saturated heterocycles. The zero-order chi connectivity index (χ0) is 12.3. The fraction of sp³-hybridized carbons (Fsp3) is 0.667. The van der Waals surface area contributed by atoms with Crippen LogP contribution in [0.5, 0.6) is 0 Å². The summed E-state index contributed by atoms with van der Waals surface area (Å²) in [6, 6.07) is 0.205. The SMILES string of the molecule is CC(Sc1nnc(CN)n1C(C)C)C(N)=O. The van der Waals surface area contributed by atoms with E-state index in [1.54, 1.807) is 6.92 Å². The minimum absolute atomic E-state index is 0.205. The highest BCUT2D eigenvalue weighted by atomic mass is 32.2. The molecule has 7 heteroatoms. The van der Waals surface area contributed by atoms with Crippen molar-refractivity contribution in [2.45, 2.75) is 43.8 Å². The number of rotatable bonds is 5. The molecule has 1 heterocycles. The molecule has 1 atom stereocenters. The van der Waals surface area contributed by atoms with Crippen molar-refractivity contribution in [1.82, 2.24) is 14.8 Å². The second-order valence-electron chi connectivity index (χ2n) is 3.73. The third-order valence-electron chi connectivity index (χ3n) is 2.12. The van der Waals surface area contributed by atoms with Gasteiger partial charge in [-0.2, -0.15) is 0 Å². The van der Waals surface area contributed by atoms with E-state index in [0.29, 0.717) is 17.5 Å². The number of amides is 1.